The van der Waals surface area contributed by atoms with E-state index in [2.05, 4.69) is 0 Å². The largest absolute Gasteiger partial charge is 0.481 e. The zero-order chi connectivity index (χ0) is 19.6. The number of nitrogens with zero attached hydrogens (tertiary/aromatic N) is 1. The monoisotopic (exact) mass is 367 g/mol. The molecule has 0 spiro atoms. The fourth-order valence-electron chi connectivity index (χ4n) is 3.48. The smallest absolute Gasteiger partial charge is 0.337 e. The molecule has 1 heterocycles. The van der Waals surface area contributed by atoms with Crippen LogP contribution in [0.15, 0.2) is 48.5 Å². The minimum atomic E-state index is -0.943. The fourth-order valence-corrected chi connectivity index (χ4v) is 3.48. The Morgan fingerprint density at radius 2 is 1.70 bits per heavy atom. The molecule has 0 unspecified atom stereocenters. The topological polar surface area (TPSA) is 83.9 Å². The third-order valence-electron chi connectivity index (χ3n) is 4.90. The van der Waals surface area contributed by atoms with E-state index < -0.39 is 23.9 Å². The van der Waals surface area contributed by atoms with Crippen LogP contribution < -0.4 is 4.90 Å². The molecule has 1 fully saturated rings. The number of carboxylic acids is 1. The number of esters is 1. The highest BCUT2D eigenvalue weighted by molar-refractivity contribution is 5.97. The standard InChI is InChI=1S/C21H21NO5/c1-13-3-9-16(10-4-13)22-18(23)12-11-17(20(24)25)19(22)14-5-7-15(8-6-14)21(26)27-2/h3-10,17,19H,11-12H2,1-2H3,(H,24,25)/t17-,19+/m0/s1. The quantitative estimate of drug-likeness (QED) is 0.838. The molecule has 1 aliphatic heterocycles. The number of anilines is 1. The van der Waals surface area contributed by atoms with Gasteiger partial charge in [-0.3, -0.25) is 9.59 Å². The first-order chi connectivity index (χ1) is 12.9. The van der Waals surface area contributed by atoms with Crippen molar-refractivity contribution in [2.75, 3.05) is 12.0 Å². The van der Waals surface area contributed by atoms with Crippen LogP contribution in [-0.2, 0) is 14.3 Å². The van der Waals surface area contributed by atoms with Gasteiger partial charge in [-0.25, -0.2) is 4.79 Å². The van der Waals surface area contributed by atoms with Gasteiger partial charge in [0.05, 0.1) is 24.6 Å². The Morgan fingerprint density at radius 1 is 1.07 bits per heavy atom. The Balaban J connectivity index is 2.06. The summed E-state index contributed by atoms with van der Waals surface area (Å²) in [5.41, 5.74) is 2.76. The van der Waals surface area contributed by atoms with Gasteiger partial charge in [0.25, 0.3) is 0 Å². The molecule has 140 valence electrons. The first-order valence-corrected chi connectivity index (χ1v) is 8.72. The van der Waals surface area contributed by atoms with Gasteiger partial charge in [-0.15, -0.1) is 0 Å². The van der Waals surface area contributed by atoms with Crippen LogP contribution in [0.3, 0.4) is 0 Å². The number of benzene rings is 2. The number of methoxy groups -OCH3 is 1. The molecule has 1 N–H and O–H groups in total. The van der Waals surface area contributed by atoms with Gasteiger partial charge in [0.2, 0.25) is 5.91 Å². The summed E-state index contributed by atoms with van der Waals surface area (Å²) in [5.74, 6) is -2.25. The molecule has 1 aliphatic rings. The molecule has 27 heavy (non-hydrogen) atoms. The number of carbonyl (C=O) groups is 3. The van der Waals surface area contributed by atoms with Crippen molar-refractivity contribution in [3.05, 3.63) is 65.2 Å². The number of hydrogen-bond donors (Lipinski definition) is 1. The second-order valence-electron chi connectivity index (χ2n) is 6.64. The average molecular weight is 367 g/mol. The first-order valence-electron chi connectivity index (χ1n) is 8.72. The summed E-state index contributed by atoms with van der Waals surface area (Å²) in [6.07, 6.45) is 0.460. The third-order valence-corrected chi connectivity index (χ3v) is 4.90. The van der Waals surface area contributed by atoms with Crippen molar-refractivity contribution < 1.29 is 24.2 Å². The zero-order valence-corrected chi connectivity index (χ0v) is 15.2. The lowest BCUT2D eigenvalue weighted by Gasteiger charge is -2.40. The third kappa shape index (κ3) is 3.69. The van der Waals surface area contributed by atoms with Gasteiger partial charge in [-0.05, 0) is 43.2 Å². The molecular formula is C21H21NO5. The van der Waals surface area contributed by atoms with Crippen molar-refractivity contribution >= 4 is 23.5 Å². The molecule has 3 rings (SSSR count). The molecule has 0 saturated carbocycles. The number of rotatable bonds is 4. The molecule has 2 aromatic carbocycles. The molecule has 0 aromatic heterocycles. The van der Waals surface area contributed by atoms with Crippen LogP contribution >= 0.6 is 0 Å². The van der Waals surface area contributed by atoms with E-state index in [1.165, 1.54) is 7.11 Å². The predicted octanol–water partition coefficient (Wildman–Crippen LogP) is 3.35. The minimum Gasteiger partial charge on any atom is -0.481 e. The van der Waals surface area contributed by atoms with Crippen LogP contribution in [0.5, 0.6) is 0 Å². The highest BCUT2D eigenvalue weighted by Crippen LogP contribution is 2.40. The van der Waals surface area contributed by atoms with Gasteiger partial charge in [0.15, 0.2) is 0 Å². The Labute approximate surface area is 157 Å². The normalized spacial score (nSPS) is 19.6. The molecule has 0 aliphatic carbocycles. The molecule has 0 radical (unpaired) electrons. The Hall–Kier alpha value is -3.15. The first kappa shape index (κ1) is 18.6. The lowest BCUT2D eigenvalue weighted by Crippen LogP contribution is -2.45. The van der Waals surface area contributed by atoms with Gasteiger partial charge in [-0.1, -0.05) is 29.8 Å². The maximum absolute atomic E-state index is 12.7. The molecule has 2 atom stereocenters. The summed E-state index contributed by atoms with van der Waals surface area (Å²) >= 11 is 0. The molecule has 1 amide bonds. The SMILES string of the molecule is COC(=O)c1ccc([C@@H]2[C@@H](C(=O)O)CCC(=O)N2c2ccc(C)cc2)cc1. The van der Waals surface area contributed by atoms with Gasteiger partial charge >= 0.3 is 11.9 Å². The number of carboxylic acid groups (broad SMARTS) is 1. The number of aliphatic carboxylic acids is 1. The van der Waals surface area contributed by atoms with Crippen molar-refractivity contribution in [3.8, 4) is 0 Å². The van der Waals surface area contributed by atoms with Crippen LogP contribution in [0.1, 0.15) is 40.4 Å². The molecule has 1 saturated heterocycles. The second kappa shape index (κ2) is 7.61. The van der Waals surface area contributed by atoms with Crippen LogP contribution in [-0.4, -0.2) is 30.1 Å². The highest BCUT2D eigenvalue weighted by Gasteiger charge is 2.41. The van der Waals surface area contributed by atoms with E-state index in [1.807, 2.05) is 31.2 Å². The van der Waals surface area contributed by atoms with E-state index >= 15 is 0 Å². The van der Waals surface area contributed by atoms with E-state index in [0.717, 1.165) is 5.56 Å². The van der Waals surface area contributed by atoms with E-state index in [1.54, 1.807) is 29.2 Å². The summed E-state index contributed by atoms with van der Waals surface area (Å²) in [4.78, 5) is 37.8. The summed E-state index contributed by atoms with van der Waals surface area (Å²) in [6.45, 7) is 1.95. The molecule has 6 heteroatoms. The Kier molecular flexibility index (Phi) is 5.26. The Morgan fingerprint density at radius 3 is 2.26 bits per heavy atom. The van der Waals surface area contributed by atoms with Crippen LogP contribution in [0.25, 0.3) is 0 Å². The summed E-state index contributed by atoms with van der Waals surface area (Å²) in [6, 6.07) is 13.4. The maximum Gasteiger partial charge on any atom is 0.337 e. The average Bonchev–Trinajstić information content (AvgIpc) is 2.68. The van der Waals surface area contributed by atoms with E-state index in [9.17, 15) is 19.5 Å². The van der Waals surface area contributed by atoms with Crippen molar-refractivity contribution in [2.45, 2.75) is 25.8 Å². The summed E-state index contributed by atoms with van der Waals surface area (Å²) in [5, 5.41) is 9.73. The van der Waals surface area contributed by atoms with E-state index in [0.29, 0.717) is 16.8 Å². The highest BCUT2D eigenvalue weighted by atomic mass is 16.5. The zero-order valence-electron chi connectivity index (χ0n) is 15.2. The van der Waals surface area contributed by atoms with Gasteiger partial charge in [0, 0.05) is 12.1 Å². The lowest BCUT2D eigenvalue weighted by atomic mass is 9.83. The van der Waals surface area contributed by atoms with E-state index in [-0.39, 0.29) is 18.7 Å². The lowest BCUT2D eigenvalue weighted by molar-refractivity contribution is -0.144. The number of amides is 1. The minimum absolute atomic E-state index is 0.113. The summed E-state index contributed by atoms with van der Waals surface area (Å²) in [7, 11) is 1.30. The van der Waals surface area contributed by atoms with Crippen molar-refractivity contribution in [1.82, 2.24) is 0 Å². The van der Waals surface area contributed by atoms with Crippen LogP contribution in [0.2, 0.25) is 0 Å². The van der Waals surface area contributed by atoms with Gasteiger partial charge < -0.3 is 14.7 Å². The van der Waals surface area contributed by atoms with Crippen LogP contribution in [0.4, 0.5) is 5.69 Å². The van der Waals surface area contributed by atoms with E-state index in [4.69, 9.17) is 4.74 Å². The maximum atomic E-state index is 12.7. The number of hydrogen-bond acceptors (Lipinski definition) is 4. The molecule has 6 nitrogen and oxygen atoms in total. The molecule has 2 aromatic rings. The van der Waals surface area contributed by atoms with Crippen LogP contribution in [0, 0.1) is 12.8 Å². The van der Waals surface area contributed by atoms with Crippen molar-refractivity contribution in [1.29, 1.82) is 0 Å². The number of carbonyl (C=O) groups excluding carboxylic acids is 2. The number of piperidine rings is 1. The van der Waals surface area contributed by atoms with Gasteiger partial charge in [0.1, 0.15) is 0 Å². The fraction of sp³-hybridized carbons (Fsp3) is 0.286. The second-order valence-corrected chi connectivity index (χ2v) is 6.64. The molecular weight excluding hydrogens is 346 g/mol. The van der Waals surface area contributed by atoms with Gasteiger partial charge in [-0.2, -0.15) is 0 Å². The predicted molar refractivity (Wildman–Crippen MR) is 99.5 cm³/mol. The van der Waals surface area contributed by atoms with Crippen molar-refractivity contribution in [2.24, 2.45) is 5.92 Å². The Bertz CT molecular complexity index is 857. The number of aryl methyl sites for hydroxylation is 1. The number of ether oxygens (including phenoxy) is 1. The molecule has 0 bridgehead atoms. The van der Waals surface area contributed by atoms with Crippen molar-refractivity contribution in [3.63, 3.8) is 0 Å². The summed E-state index contributed by atoms with van der Waals surface area (Å²) < 4.78 is 4.70.